The number of phenols is 1. The molecule has 21 heteroatoms. The standard InChI is InChI=1S/C26H29N11O8S2/c1-35-26(32-33-34-35)47-11-13-10-46-22-16(21(41)37(22)18(13)23(42)43)30-20(40)17(12-3-5-14(38)6-4-12)36(24(27)44)15-9-29-25(31-19(15)39)28-7-8-45-2/h3-6,9,16-17,22,38H,7-8,10-11H2,1-2H3,(H2,27,44)(H,30,40)(H,42,43)(H2,28,29,31,39)/t16?,17?,22-/m0/s1. The number of hydrogen-bond donors (Lipinski definition) is 6. The minimum absolute atomic E-state index is 0.0774. The van der Waals surface area contributed by atoms with E-state index in [4.69, 9.17) is 10.5 Å². The number of amides is 4. The maximum absolute atomic E-state index is 14.0. The second kappa shape index (κ2) is 14.1. The molecule has 0 spiro atoms. The number of rotatable bonds is 13. The highest BCUT2D eigenvalue weighted by molar-refractivity contribution is 8.01. The Morgan fingerprint density at radius 3 is 2.64 bits per heavy atom. The molecule has 19 nitrogen and oxygen atoms in total. The molecular weight excluding hydrogens is 658 g/mol. The monoisotopic (exact) mass is 687 g/mol. The van der Waals surface area contributed by atoms with Crippen molar-refractivity contribution in [2.24, 2.45) is 12.8 Å². The van der Waals surface area contributed by atoms with Crippen LogP contribution >= 0.6 is 23.5 Å². The summed E-state index contributed by atoms with van der Waals surface area (Å²) in [7, 11) is 3.14. The predicted molar refractivity (Wildman–Crippen MR) is 167 cm³/mol. The maximum Gasteiger partial charge on any atom is 0.352 e. The van der Waals surface area contributed by atoms with Gasteiger partial charge in [0.25, 0.3) is 11.5 Å². The number of aromatic nitrogens is 6. The summed E-state index contributed by atoms with van der Waals surface area (Å²) in [4.78, 5) is 74.0. The Hall–Kier alpha value is -5.15. The van der Waals surface area contributed by atoms with Crippen LogP contribution in [0.2, 0.25) is 0 Å². The normalized spacial score (nSPS) is 17.8. The highest BCUT2D eigenvalue weighted by Crippen LogP contribution is 2.42. The van der Waals surface area contributed by atoms with Crippen LogP contribution in [0.5, 0.6) is 5.75 Å². The number of H-pyrrole nitrogens is 1. The molecule has 0 saturated carbocycles. The van der Waals surface area contributed by atoms with Gasteiger partial charge in [0.2, 0.25) is 17.0 Å². The third-order valence-electron chi connectivity index (χ3n) is 7.10. The smallest absolute Gasteiger partial charge is 0.352 e. The van der Waals surface area contributed by atoms with Crippen molar-refractivity contribution >= 4 is 59.0 Å². The van der Waals surface area contributed by atoms with Crippen molar-refractivity contribution in [3.8, 4) is 5.75 Å². The zero-order chi connectivity index (χ0) is 33.8. The van der Waals surface area contributed by atoms with Gasteiger partial charge in [0, 0.05) is 32.2 Å². The number of thioether (sulfide) groups is 2. The third-order valence-corrected chi connectivity index (χ3v) is 9.53. The van der Waals surface area contributed by atoms with E-state index in [0.29, 0.717) is 23.9 Å². The molecule has 2 unspecified atom stereocenters. The lowest BCUT2D eigenvalue weighted by Crippen LogP contribution is -2.71. The lowest BCUT2D eigenvalue weighted by molar-refractivity contribution is -0.150. The number of methoxy groups -OCH3 is 1. The molecule has 3 atom stereocenters. The largest absolute Gasteiger partial charge is 0.508 e. The number of ether oxygens (including phenoxy) is 1. The first kappa shape index (κ1) is 33.2. The fraction of sp³-hybridized carbons (Fsp3) is 0.346. The number of aliphatic carboxylic acids is 1. The van der Waals surface area contributed by atoms with E-state index in [1.165, 1.54) is 59.6 Å². The molecule has 2 aliphatic rings. The van der Waals surface area contributed by atoms with Crippen molar-refractivity contribution in [1.82, 2.24) is 40.4 Å². The van der Waals surface area contributed by atoms with Crippen molar-refractivity contribution in [3.63, 3.8) is 0 Å². The number of phenolic OH excluding ortho intramolecular Hbond substituents is 1. The van der Waals surface area contributed by atoms with E-state index in [0.717, 1.165) is 16.0 Å². The Morgan fingerprint density at radius 1 is 1.28 bits per heavy atom. The number of nitrogens with one attached hydrogen (secondary N) is 3. The van der Waals surface area contributed by atoms with Crippen molar-refractivity contribution in [2.45, 2.75) is 22.6 Å². The van der Waals surface area contributed by atoms with Gasteiger partial charge in [-0.15, -0.1) is 16.9 Å². The lowest BCUT2D eigenvalue weighted by atomic mass is 10.00. The number of carbonyl (C=O) groups excluding carboxylic acids is 3. The first-order valence-corrected chi connectivity index (χ1v) is 15.8. The quantitative estimate of drug-likeness (QED) is 0.0731. The molecule has 1 aromatic carbocycles. The SMILES string of the molecule is COCCNc1ncc(N(C(N)=O)C(C(=O)NC2C(=O)N3C(C(=O)O)=C(CSc4nnnn4C)CS[C@@H]23)c2ccc(O)cc2)c(=O)[nH]1. The Bertz CT molecular complexity index is 1780. The minimum atomic E-state index is -1.60. The molecule has 2 aromatic heterocycles. The van der Waals surface area contributed by atoms with Crippen LogP contribution in [-0.4, -0.2) is 112 Å². The number of nitrogens with zero attached hydrogens (tertiary/aromatic N) is 7. The molecule has 0 aliphatic carbocycles. The first-order valence-electron chi connectivity index (χ1n) is 13.8. The maximum atomic E-state index is 14.0. The predicted octanol–water partition coefficient (Wildman–Crippen LogP) is -0.785. The number of primary amides is 1. The van der Waals surface area contributed by atoms with Crippen LogP contribution in [0, 0.1) is 0 Å². The van der Waals surface area contributed by atoms with E-state index in [1.807, 2.05) is 0 Å². The van der Waals surface area contributed by atoms with Gasteiger partial charge in [-0.3, -0.25) is 29.2 Å². The zero-order valence-electron chi connectivity index (χ0n) is 24.8. The molecule has 0 radical (unpaired) electrons. The van der Waals surface area contributed by atoms with Crippen LogP contribution in [-0.2, 0) is 26.2 Å². The summed E-state index contributed by atoms with van der Waals surface area (Å²) in [6.07, 6.45) is 1.06. The van der Waals surface area contributed by atoms with Crippen LogP contribution in [0.25, 0.3) is 0 Å². The molecule has 248 valence electrons. The van der Waals surface area contributed by atoms with Crippen LogP contribution < -0.4 is 26.8 Å². The number of urea groups is 1. The molecule has 5 rings (SSSR count). The van der Waals surface area contributed by atoms with Crippen LogP contribution in [0.1, 0.15) is 11.6 Å². The number of tetrazole rings is 1. The summed E-state index contributed by atoms with van der Waals surface area (Å²) in [6, 6.07) is 1.29. The van der Waals surface area contributed by atoms with E-state index in [-0.39, 0.29) is 40.2 Å². The van der Waals surface area contributed by atoms with Crippen LogP contribution in [0.3, 0.4) is 0 Å². The molecule has 1 saturated heterocycles. The first-order chi connectivity index (χ1) is 22.5. The summed E-state index contributed by atoms with van der Waals surface area (Å²) >= 11 is 2.46. The van der Waals surface area contributed by atoms with Gasteiger partial charge in [0.15, 0.2) is 0 Å². The average molecular weight is 688 g/mol. The van der Waals surface area contributed by atoms with Gasteiger partial charge in [0.05, 0.1) is 12.8 Å². The second-order valence-corrected chi connectivity index (χ2v) is 12.1. The summed E-state index contributed by atoms with van der Waals surface area (Å²) in [6.45, 7) is 0.643. The fourth-order valence-corrected chi connectivity index (χ4v) is 7.24. The molecule has 4 amide bonds. The van der Waals surface area contributed by atoms with Gasteiger partial charge in [-0.25, -0.2) is 19.3 Å². The van der Waals surface area contributed by atoms with E-state index in [2.05, 4.69) is 36.1 Å². The molecule has 0 bridgehead atoms. The van der Waals surface area contributed by atoms with E-state index in [9.17, 15) is 34.2 Å². The highest BCUT2D eigenvalue weighted by Gasteiger charge is 2.55. The molecule has 2 aliphatic heterocycles. The van der Waals surface area contributed by atoms with E-state index >= 15 is 0 Å². The number of anilines is 2. The molecule has 47 heavy (non-hydrogen) atoms. The third kappa shape index (κ3) is 6.85. The van der Waals surface area contributed by atoms with Gasteiger partial charge >= 0.3 is 12.0 Å². The lowest BCUT2D eigenvalue weighted by Gasteiger charge is -2.49. The Kier molecular flexibility index (Phi) is 9.96. The number of benzene rings is 1. The Balaban J connectivity index is 1.41. The van der Waals surface area contributed by atoms with Gasteiger partial charge in [0.1, 0.15) is 34.6 Å². The molecule has 4 heterocycles. The summed E-state index contributed by atoms with van der Waals surface area (Å²) in [5.74, 6) is -2.51. The number of aryl methyl sites for hydroxylation is 1. The summed E-state index contributed by atoms with van der Waals surface area (Å²) in [5.41, 5.74) is 4.96. The molecule has 7 N–H and O–H groups in total. The fourth-order valence-electron chi connectivity index (χ4n) is 4.90. The van der Waals surface area contributed by atoms with Crippen molar-refractivity contribution in [3.05, 3.63) is 57.6 Å². The number of aromatic hydroxyl groups is 1. The van der Waals surface area contributed by atoms with E-state index in [1.54, 1.807) is 7.05 Å². The number of aromatic amines is 1. The average Bonchev–Trinajstić information content (AvgIpc) is 3.46. The number of nitrogens with two attached hydrogens (primary N) is 1. The number of hydrogen-bond acceptors (Lipinski definition) is 14. The topological polar surface area (TPSA) is 264 Å². The molecule has 3 aromatic rings. The highest BCUT2D eigenvalue weighted by atomic mass is 32.2. The van der Waals surface area contributed by atoms with Crippen LogP contribution in [0.15, 0.2) is 51.7 Å². The van der Waals surface area contributed by atoms with Crippen molar-refractivity contribution in [1.29, 1.82) is 0 Å². The molecule has 1 fully saturated rings. The van der Waals surface area contributed by atoms with Gasteiger partial charge in [-0.05, 0) is 33.7 Å². The Labute approximate surface area is 273 Å². The number of carboxylic acids is 1. The number of carboxylic acid groups (broad SMARTS) is 1. The number of fused-ring (bicyclic) bond motifs is 1. The second-order valence-electron chi connectivity index (χ2n) is 10.1. The van der Waals surface area contributed by atoms with Crippen LogP contribution in [0.4, 0.5) is 16.4 Å². The van der Waals surface area contributed by atoms with Gasteiger partial charge in [-0.2, -0.15) is 0 Å². The number of carbonyl (C=O) groups is 4. The van der Waals surface area contributed by atoms with Crippen molar-refractivity contribution in [2.75, 3.05) is 42.0 Å². The van der Waals surface area contributed by atoms with Crippen molar-refractivity contribution < 1.29 is 34.1 Å². The Morgan fingerprint density at radius 2 is 2.02 bits per heavy atom. The zero-order valence-corrected chi connectivity index (χ0v) is 26.4. The minimum Gasteiger partial charge on any atom is -0.508 e. The molecular formula is C26H29N11O8S2. The number of β-lactam (4-membered cyclic amide) rings is 1. The van der Waals surface area contributed by atoms with Gasteiger partial charge in [-0.1, -0.05) is 23.9 Å². The van der Waals surface area contributed by atoms with Gasteiger partial charge < -0.3 is 31.3 Å². The summed E-state index contributed by atoms with van der Waals surface area (Å²) < 4.78 is 6.39. The van der Waals surface area contributed by atoms with E-state index < -0.39 is 46.8 Å². The summed E-state index contributed by atoms with van der Waals surface area (Å²) in [5, 5.41) is 36.2.